The van der Waals surface area contributed by atoms with Gasteiger partial charge in [0.1, 0.15) is 0 Å². The molecule has 4 nitrogen and oxygen atoms in total. The predicted octanol–water partition coefficient (Wildman–Crippen LogP) is 2.28. The van der Waals surface area contributed by atoms with E-state index in [2.05, 4.69) is 4.98 Å². The van der Waals surface area contributed by atoms with Crippen molar-refractivity contribution in [3.05, 3.63) is 30.1 Å². The second-order valence-electron chi connectivity index (χ2n) is 5.49. The highest BCUT2D eigenvalue weighted by molar-refractivity contribution is 7.80. The summed E-state index contributed by atoms with van der Waals surface area (Å²) in [4.78, 5) is 19.1. The lowest BCUT2D eigenvalue weighted by Gasteiger charge is -2.37. The van der Waals surface area contributed by atoms with Crippen LogP contribution in [0.25, 0.3) is 0 Å². The van der Waals surface area contributed by atoms with E-state index in [0.29, 0.717) is 11.5 Å². The number of amides is 1. The fourth-order valence-electron chi connectivity index (χ4n) is 2.89. The molecule has 1 saturated carbocycles. The Kier molecular flexibility index (Phi) is 4.70. The number of carbonyl (C=O) groups is 1. The van der Waals surface area contributed by atoms with Crippen LogP contribution in [0.3, 0.4) is 0 Å². The van der Waals surface area contributed by atoms with E-state index in [4.69, 9.17) is 18.0 Å². The molecule has 20 heavy (non-hydrogen) atoms. The minimum Gasteiger partial charge on any atom is -0.392 e. The van der Waals surface area contributed by atoms with Gasteiger partial charge in [0.15, 0.2) is 0 Å². The molecule has 2 rings (SSSR count). The van der Waals surface area contributed by atoms with Gasteiger partial charge in [-0.3, -0.25) is 9.78 Å². The number of hydrogen-bond acceptors (Lipinski definition) is 3. The topological polar surface area (TPSA) is 59.2 Å². The maximum absolute atomic E-state index is 12.8. The molecule has 0 radical (unpaired) electrons. The van der Waals surface area contributed by atoms with Crippen molar-refractivity contribution < 1.29 is 4.79 Å². The molecular weight excluding hydrogens is 270 g/mol. The molecule has 0 unspecified atom stereocenters. The second-order valence-corrected chi connectivity index (χ2v) is 5.93. The van der Waals surface area contributed by atoms with E-state index < -0.39 is 5.41 Å². The summed E-state index contributed by atoms with van der Waals surface area (Å²) in [6.45, 7) is 0.490. The van der Waals surface area contributed by atoms with Crippen molar-refractivity contribution in [1.82, 2.24) is 9.88 Å². The largest absolute Gasteiger partial charge is 0.392 e. The van der Waals surface area contributed by atoms with E-state index in [9.17, 15) is 4.79 Å². The zero-order valence-electron chi connectivity index (χ0n) is 11.8. The van der Waals surface area contributed by atoms with E-state index in [0.717, 1.165) is 37.8 Å². The minimum absolute atomic E-state index is 0.0374. The number of pyridine rings is 1. The van der Waals surface area contributed by atoms with Gasteiger partial charge in [0.05, 0.1) is 22.6 Å². The summed E-state index contributed by atoms with van der Waals surface area (Å²) in [6.07, 6.45) is 6.46. The van der Waals surface area contributed by atoms with Crippen molar-refractivity contribution in [2.24, 2.45) is 11.1 Å². The van der Waals surface area contributed by atoms with Crippen LogP contribution in [0.5, 0.6) is 0 Å². The Morgan fingerprint density at radius 1 is 1.40 bits per heavy atom. The van der Waals surface area contributed by atoms with Crippen LogP contribution < -0.4 is 5.73 Å². The Morgan fingerprint density at radius 2 is 2.10 bits per heavy atom. The molecule has 1 aliphatic rings. The average molecular weight is 291 g/mol. The van der Waals surface area contributed by atoms with Crippen molar-refractivity contribution >= 4 is 23.1 Å². The smallest absolute Gasteiger partial charge is 0.235 e. The van der Waals surface area contributed by atoms with Crippen molar-refractivity contribution in [2.45, 2.75) is 38.6 Å². The lowest BCUT2D eigenvalue weighted by molar-refractivity contribution is -0.139. The Morgan fingerprint density at radius 3 is 2.65 bits per heavy atom. The summed E-state index contributed by atoms with van der Waals surface area (Å²) in [7, 11) is 1.80. The van der Waals surface area contributed by atoms with E-state index in [-0.39, 0.29) is 5.91 Å². The summed E-state index contributed by atoms with van der Waals surface area (Å²) in [5, 5.41) is 0. The van der Waals surface area contributed by atoms with E-state index in [1.165, 1.54) is 0 Å². The number of carbonyl (C=O) groups excluding carboxylic acids is 1. The second kappa shape index (κ2) is 6.31. The van der Waals surface area contributed by atoms with Crippen LogP contribution in [0.2, 0.25) is 0 Å². The normalized spacial score (nSPS) is 17.4. The van der Waals surface area contributed by atoms with Gasteiger partial charge in [-0.1, -0.05) is 37.5 Å². The molecule has 0 atom stereocenters. The molecule has 1 heterocycles. The number of rotatable bonds is 4. The Hall–Kier alpha value is -1.49. The maximum atomic E-state index is 12.8. The van der Waals surface area contributed by atoms with Crippen LogP contribution in [-0.2, 0) is 11.3 Å². The molecule has 0 aromatic carbocycles. The van der Waals surface area contributed by atoms with Crippen molar-refractivity contribution in [2.75, 3.05) is 7.05 Å². The third-order valence-corrected chi connectivity index (χ3v) is 4.45. The molecule has 0 aliphatic heterocycles. The fraction of sp³-hybridized carbons (Fsp3) is 0.533. The molecule has 0 saturated heterocycles. The third-order valence-electron chi connectivity index (χ3n) is 4.06. The zero-order valence-corrected chi connectivity index (χ0v) is 12.7. The number of nitrogens with two attached hydrogens (primary N) is 1. The molecule has 1 aromatic heterocycles. The first-order valence-corrected chi connectivity index (χ1v) is 7.42. The van der Waals surface area contributed by atoms with Crippen molar-refractivity contribution in [3.63, 3.8) is 0 Å². The fourth-order valence-corrected chi connectivity index (χ4v) is 3.18. The van der Waals surface area contributed by atoms with Gasteiger partial charge in [-0.2, -0.15) is 0 Å². The molecule has 1 fully saturated rings. The number of thiocarbonyl (C=S) groups is 1. The average Bonchev–Trinajstić information content (AvgIpc) is 2.48. The van der Waals surface area contributed by atoms with Crippen LogP contribution in [-0.4, -0.2) is 27.8 Å². The van der Waals surface area contributed by atoms with Crippen LogP contribution in [0.4, 0.5) is 0 Å². The summed E-state index contributed by atoms with van der Waals surface area (Å²) in [5.74, 6) is 0.0374. The van der Waals surface area contributed by atoms with Crippen LogP contribution >= 0.6 is 12.2 Å². The Labute approximate surface area is 125 Å². The molecule has 0 spiro atoms. The monoisotopic (exact) mass is 291 g/mol. The molecule has 0 bridgehead atoms. The van der Waals surface area contributed by atoms with Crippen molar-refractivity contribution in [1.29, 1.82) is 0 Å². The number of aromatic nitrogens is 1. The maximum Gasteiger partial charge on any atom is 0.235 e. The highest BCUT2D eigenvalue weighted by Gasteiger charge is 2.43. The molecule has 1 aliphatic carbocycles. The lowest BCUT2D eigenvalue weighted by atomic mass is 9.73. The van der Waals surface area contributed by atoms with Crippen LogP contribution in [0.1, 0.15) is 37.8 Å². The zero-order chi connectivity index (χ0) is 14.6. The van der Waals surface area contributed by atoms with Gasteiger partial charge in [0, 0.05) is 13.2 Å². The van der Waals surface area contributed by atoms with Crippen LogP contribution in [0, 0.1) is 5.41 Å². The molecule has 1 amide bonds. The summed E-state index contributed by atoms with van der Waals surface area (Å²) >= 11 is 5.20. The quantitative estimate of drug-likeness (QED) is 0.865. The number of nitrogens with zero attached hydrogens (tertiary/aromatic N) is 2. The minimum atomic E-state index is -0.642. The summed E-state index contributed by atoms with van der Waals surface area (Å²) in [5.41, 5.74) is 6.13. The predicted molar refractivity (Wildman–Crippen MR) is 83.0 cm³/mol. The van der Waals surface area contributed by atoms with E-state index in [1.807, 2.05) is 18.2 Å². The third kappa shape index (κ3) is 2.98. The molecule has 1 aromatic rings. The first-order valence-electron chi connectivity index (χ1n) is 7.02. The number of hydrogen-bond donors (Lipinski definition) is 1. The van der Waals surface area contributed by atoms with Gasteiger partial charge in [-0.25, -0.2) is 0 Å². The lowest BCUT2D eigenvalue weighted by Crippen LogP contribution is -2.50. The molecular formula is C15H21N3OS. The molecule has 5 heteroatoms. The summed E-state index contributed by atoms with van der Waals surface area (Å²) < 4.78 is 0. The highest BCUT2D eigenvalue weighted by atomic mass is 32.1. The molecule has 108 valence electrons. The van der Waals surface area contributed by atoms with E-state index in [1.54, 1.807) is 18.1 Å². The highest BCUT2D eigenvalue weighted by Crippen LogP contribution is 2.38. The molecule has 2 N–H and O–H groups in total. The van der Waals surface area contributed by atoms with E-state index >= 15 is 0 Å². The van der Waals surface area contributed by atoms with Gasteiger partial charge in [0.2, 0.25) is 5.91 Å². The van der Waals surface area contributed by atoms with Gasteiger partial charge < -0.3 is 10.6 Å². The first kappa shape index (κ1) is 14.9. The van der Waals surface area contributed by atoms with Gasteiger partial charge in [-0.15, -0.1) is 0 Å². The van der Waals surface area contributed by atoms with Crippen LogP contribution in [0.15, 0.2) is 24.4 Å². The Balaban J connectivity index is 2.13. The standard InChI is InChI=1S/C15H21N3OS/c1-18(11-12-7-3-6-10-17-12)14(19)15(13(16)20)8-4-2-5-9-15/h3,6-7,10H,2,4-5,8-9,11H2,1H3,(H2,16,20). The van der Waals surface area contributed by atoms with Gasteiger partial charge in [-0.05, 0) is 25.0 Å². The van der Waals surface area contributed by atoms with Gasteiger partial charge >= 0.3 is 0 Å². The van der Waals surface area contributed by atoms with Crippen molar-refractivity contribution in [3.8, 4) is 0 Å². The Bertz CT molecular complexity index is 483. The summed E-state index contributed by atoms with van der Waals surface area (Å²) in [6, 6.07) is 5.70. The first-order chi connectivity index (χ1) is 9.56. The SMILES string of the molecule is CN(Cc1ccccn1)C(=O)C1(C(N)=S)CCCCC1. The van der Waals surface area contributed by atoms with Gasteiger partial charge in [0.25, 0.3) is 0 Å².